The van der Waals surface area contributed by atoms with E-state index in [9.17, 15) is 4.39 Å². The molecule has 0 saturated carbocycles. The smallest absolute Gasteiger partial charge is 0.183 e. The van der Waals surface area contributed by atoms with Crippen molar-refractivity contribution in [1.29, 1.82) is 0 Å². The first-order valence-electron chi connectivity index (χ1n) is 6.86. The van der Waals surface area contributed by atoms with Crippen LogP contribution >= 0.6 is 0 Å². The maximum atomic E-state index is 13.6. The summed E-state index contributed by atoms with van der Waals surface area (Å²) < 4.78 is 15.8. The molecule has 0 radical (unpaired) electrons. The number of imidazole rings is 1. The summed E-state index contributed by atoms with van der Waals surface area (Å²) in [5.41, 5.74) is 0. The summed E-state index contributed by atoms with van der Waals surface area (Å²) in [7, 11) is 0. The number of anilines is 1. The van der Waals surface area contributed by atoms with Crippen LogP contribution in [0.25, 0.3) is 0 Å². The zero-order valence-corrected chi connectivity index (χ0v) is 11.7. The lowest BCUT2D eigenvalue weighted by molar-refractivity contribution is 0.345. The highest BCUT2D eigenvalue weighted by molar-refractivity contribution is 5.41. The van der Waals surface area contributed by atoms with Crippen molar-refractivity contribution < 1.29 is 4.39 Å². The molecule has 1 fully saturated rings. The van der Waals surface area contributed by atoms with Crippen molar-refractivity contribution in [3.8, 4) is 0 Å². The third kappa shape index (κ3) is 2.37. The van der Waals surface area contributed by atoms with Crippen molar-refractivity contribution in [1.82, 2.24) is 19.5 Å². The zero-order valence-electron chi connectivity index (χ0n) is 11.7. The van der Waals surface area contributed by atoms with Crippen LogP contribution in [0.15, 0.2) is 24.9 Å². The van der Waals surface area contributed by atoms with Gasteiger partial charge in [-0.3, -0.25) is 0 Å². The molecule has 5 nitrogen and oxygen atoms in total. The fraction of sp³-hybridized carbons (Fsp3) is 0.500. The molecule has 0 aliphatic carbocycles. The minimum Gasteiger partial charge on any atom is -0.353 e. The summed E-state index contributed by atoms with van der Waals surface area (Å²) in [6.07, 6.45) is 6.46. The van der Waals surface area contributed by atoms with Crippen LogP contribution in [0.5, 0.6) is 0 Å². The van der Waals surface area contributed by atoms with Gasteiger partial charge >= 0.3 is 0 Å². The summed E-state index contributed by atoms with van der Waals surface area (Å²) in [6, 6.07) is 0. The quantitative estimate of drug-likeness (QED) is 0.857. The van der Waals surface area contributed by atoms with Crippen LogP contribution in [0.2, 0.25) is 0 Å². The van der Waals surface area contributed by atoms with Crippen LogP contribution in [0.4, 0.5) is 10.2 Å². The first-order valence-corrected chi connectivity index (χ1v) is 6.86. The van der Waals surface area contributed by atoms with Gasteiger partial charge in [-0.15, -0.1) is 0 Å². The lowest BCUT2D eigenvalue weighted by Crippen LogP contribution is -2.49. The summed E-state index contributed by atoms with van der Waals surface area (Å²) in [5.74, 6) is 2.09. The second-order valence-electron chi connectivity index (χ2n) is 5.56. The van der Waals surface area contributed by atoms with E-state index in [0.717, 1.165) is 25.5 Å². The highest BCUT2D eigenvalue weighted by atomic mass is 19.1. The zero-order chi connectivity index (χ0) is 14.1. The van der Waals surface area contributed by atoms with Crippen molar-refractivity contribution in [2.24, 2.45) is 5.92 Å². The molecule has 0 atom stereocenters. The maximum Gasteiger partial charge on any atom is 0.183 e. The van der Waals surface area contributed by atoms with Gasteiger partial charge in [0.15, 0.2) is 11.6 Å². The van der Waals surface area contributed by atoms with E-state index >= 15 is 0 Å². The number of nitrogens with zero attached hydrogens (tertiary/aromatic N) is 5. The molecule has 1 aliphatic heterocycles. The molecule has 0 bridgehead atoms. The Bertz CT molecular complexity index is 589. The predicted molar refractivity (Wildman–Crippen MR) is 74.0 cm³/mol. The van der Waals surface area contributed by atoms with Gasteiger partial charge in [-0.05, 0) is 0 Å². The highest BCUT2D eigenvalue weighted by Gasteiger charge is 2.30. The average molecular weight is 275 g/mol. The van der Waals surface area contributed by atoms with Crippen molar-refractivity contribution in [2.75, 3.05) is 18.0 Å². The van der Waals surface area contributed by atoms with Crippen LogP contribution < -0.4 is 4.90 Å². The van der Waals surface area contributed by atoms with E-state index in [0.29, 0.717) is 17.7 Å². The van der Waals surface area contributed by atoms with E-state index in [4.69, 9.17) is 0 Å². The Labute approximate surface area is 117 Å². The van der Waals surface area contributed by atoms with Crippen molar-refractivity contribution in [3.63, 3.8) is 0 Å². The molecule has 0 unspecified atom stereocenters. The lowest BCUT2D eigenvalue weighted by Gasteiger charge is -2.40. The second kappa shape index (κ2) is 5.19. The summed E-state index contributed by atoms with van der Waals surface area (Å²) in [5, 5.41) is 0. The fourth-order valence-corrected chi connectivity index (χ4v) is 2.65. The first-order chi connectivity index (χ1) is 9.65. The van der Waals surface area contributed by atoms with Crippen LogP contribution in [0.1, 0.15) is 25.6 Å². The van der Waals surface area contributed by atoms with Crippen molar-refractivity contribution >= 4 is 5.82 Å². The maximum absolute atomic E-state index is 13.6. The molecule has 0 aromatic carbocycles. The molecular weight excluding hydrogens is 257 g/mol. The Morgan fingerprint density at radius 3 is 2.85 bits per heavy atom. The van der Waals surface area contributed by atoms with Gasteiger partial charge in [-0.1, -0.05) is 13.8 Å². The molecule has 0 spiro atoms. The summed E-state index contributed by atoms with van der Waals surface area (Å²) >= 11 is 0. The third-order valence-corrected chi connectivity index (χ3v) is 3.62. The van der Waals surface area contributed by atoms with Crippen molar-refractivity contribution in [3.05, 3.63) is 36.6 Å². The molecule has 6 heteroatoms. The van der Waals surface area contributed by atoms with Gasteiger partial charge in [0.25, 0.3) is 0 Å². The molecule has 20 heavy (non-hydrogen) atoms. The van der Waals surface area contributed by atoms with Crippen LogP contribution in [-0.4, -0.2) is 32.6 Å². The van der Waals surface area contributed by atoms with Crippen LogP contribution in [-0.2, 0) is 6.54 Å². The van der Waals surface area contributed by atoms with Gasteiger partial charge in [0.1, 0.15) is 12.2 Å². The average Bonchev–Trinajstić information content (AvgIpc) is 2.83. The minimum atomic E-state index is -0.351. The van der Waals surface area contributed by atoms with Gasteiger partial charge < -0.3 is 9.47 Å². The van der Waals surface area contributed by atoms with Crippen molar-refractivity contribution in [2.45, 2.75) is 26.3 Å². The number of halogens is 1. The van der Waals surface area contributed by atoms with E-state index < -0.39 is 0 Å². The number of hydrogen-bond donors (Lipinski definition) is 0. The molecule has 106 valence electrons. The minimum absolute atomic E-state index is 0.351. The Balaban J connectivity index is 1.61. The van der Waals surface area contributed by atoms with Gasteiger partial charge in [-0.25, -0.2) is 19.3 Å². The third-order valence-electron chi connectivity index (χ3n) is 3.62. The molecule has 3 heterocycles. The van der Waals surface area contributed by atoms with Gasteiger partial charge in [0.05, 0.1) is 6.20 Å². The van der Waals surface area contributed by atoms with E-state index in [1.54, 1.807) is 0 Å². The second-order valence-corrected chi connectivity index (χ2v) is 5.56. The van der Waals surface area contributed by atoms with E-state index in [2.05, 4.69) is 33.4 Å². The van der Waals surface area contributed by atoms with Gasteiger partial charge in [-0.2, -0.15) is 0 Å². The molecule has 1 aliphatic rings. The topological polar surface area (TPSA) is 46.8 Å². The van der Waals surface area contributed by atoms with E-state index in [1.165, 1.54) is 12.5 Å². The molecule has 1 saturated heterocycles. The largest absolute Gasteiger partial charge is 0.353 e. The number of aromatic nitrogens is 4. The summed E-state index contributed by atoms with van der Waals surface area (Å²) in [4.78, 5) is 14.0. The predicted octanol–water partition coefficient (Wildman–Crippen LogP) is 2.07. The van der Waals surface area contributed by atoms with Crippen LogP contribution in [0.3, 0.4) is 0 Å². The van der Waals surface area contributed by atoms with Gasteiger partial charge in [0, 0.05) is 43.9 Å². The van der Waals surface area contributed by atoms with Crippen LogP contribution in [0, 0.1) is 11.7 Å². The molecule has 2 aromatic rings. The van der Waals surface area contributed by atoms with Gasteiger partial charge in [0.2, 0.25) is 0 Å². The Morgan fingerprint density at radius 2 is 2.15 bits per heavy atom. The molecule has 3 rings (SSSR count). The molecular formula is C14H18FN5. The Hall–Kier alpha value is -1.98. The number of hydrogen-bond acceptors (Lipinski definition) is 4. The fourth-order valence-electron chi connectivity index (χ4n) is 2.65. The first kappa shape index (κ1) is 13.0. The number of rotatable bonds is 4. The van der Waals surface area contributed by atoms with E-state index in [-0.39, 0.29) is 5.82 Å². The Morgan fingerprint density at radius 1 is 1.35 bits per heavy atom. The standard InChI is InChI=1S/C14H18FN5/c1-10(2)13-17-3-4-19(13)6-11-7-20(8-11)14-12(15)5-16-9-18-14/h3-5,9-11H,6-8H2,1-2H3. The van der Waals surface area contributed by atoms with E-state index in [1.807, 2.05) is 17.3 Å². The lowest BCUT2D eigenvalue weighted by atomic mass is 10.00. The normalized spacial score (nSPS) is 15.7. The summed E-state index contributed by atoms with van der Waals surface area (Å²) in [6.45, 7) is 6.86. The monoisotopic (exact) mass is 275 g/mol. The SMILES string of the molecule is CC(C)c1nccn1CC1CN(c2ncncc2F)C1. The highest BCUT2D eigenvalue weighted by Crippen LogP contribution is 2.26. The molecule has 0 N–H and O–H groups in total. The molecule has 2 aromatic heterocycles. The molecule has 0 amide bonds. The Kier molecular flexibility index (Phi) is 3.38.